The van der Waals surface area contributed by atoms with Crippen molar-refractivity contribution in [2.75, 3.05) is 25.4 Å². The minimum atomic E-state index is -3.11. The first-order valence-corrected chi connectivity index (χ1v) is 8.89. The van der Waals surface area contributed by atoms with Crippen LogP contribution in [0.2, 0.25) is 0 Å². The summed E-state index contributed by atoms with van der Waals surface area (Å²) in [5, 5.41) is 5.26. The molecule has 0 bridgehead atoms. The first-order valence-electron chi connectivity index (χ1n) is 6.36. The molecule has 0 amide bonds. The summed E-state index contributed by atoms with van der Waals surface area (Å²) >= 11 is 1.61. The molecular formula is C12H20N2O2S2. The van der Waals surface area contributed by atoms with Crippen molar-refractivity contribution < 1.29 is 8.42 Å². The average Bonchev–Trinajstić information content (AvgIpc) is 2.99. The van der Waals surface area contributed by atoms with Gasteiger partial charge in [-0.25, -0.2) is 13.1 Å². The predicted molar refractivity (Wildman–Crippen MR) is 75.4 cm³/mol. The molecule has 1 unspecified atom stereocenters. The van der Waals surface area contributed by atoms with E-state index in [0.29, 0.717) is 18.9 Å². The normalized spacial score (nSPS) is 20.3. The molecule has 0 aromatic carbocycles. The van der Waals surface area contributed by atoms with Gasteiger partial charge in [0.05, 0.1) is 5.75 Å². The number of hydrogen-bond acceptors (Lipinski definition) is 4. The average molecular weight is 288 g/mol. The Bertz CT molecular complexity index is 437. The van der Waals surface area contributed by atoms with Crippen LogP contribution < -0.4 is 10.0 Å². The highest BCUT2D eigenvalue weighted by atomic mass is 32.2. The topological polar surface area (TPSA) is 58.2 Å². The Hall–Kier alpha value is -0.430. The van der Waals surface area contributed by atoms with Crippen molar-refractivity contribution in [3.63, 3.8) is 0 Å². The molecule has 2 N–H and O–H groups in total. The van der Waals surface area contributed by atoms with Gasteiger partial charge in [-0.2, -0.15) is 0 Å². The quantitative estimate of drug-likeness (QED) is 0.793. The van der Waals surface area contributed by atoms with Gasteiger partial charge in [0.1, 0.15) is 0 Å². The third kappa shape index (κ3) is 4.68. The van der Waals surface area contributed by atoms with Gasteiger partial charge in [0.2, 0.25) is 10.0 Å². The monoisotopic (exact) mass is 288 g/mol. The number of sulfonamides is 1. The van der Waals surface area contributed by atoms with Crippen LogP contribution in [0.1, 0.15) is 17.7 Å². The fraction of sp³-hybridized carbons (Fsp3) is 0.667. The van der Waals surface area contributed by atoms with E-state index < -0.39 is 10.0 Å². The Morgan fingerprint density at radius 3 is 3.06 bits per heavy atom. The molecule has 1 fully saturated rings. The lowest BCUT2D eigenvalue weighted by Gasteiger charge is -2.09. The van der Waals surface area contributed by atoms with Crippen LogP contribution in [-0.2, 0) is 16.4 Å². The number of aryl methyl sites for hydroxylation is 1. The second-order valence-electron chi connectivity index (χ2n) is 4.69. The van der Waals surface area contributed by atoms with E-state index in [2.05, 4.69) is 10.0 Å². The van der Waals surface area contributed by atoms with E-state index in [0.717, 1.165) is 30.8 Å². The Kier molecular flexibility index (Phi) is 5.17. The molecule has 18 heavy (non-hydrogen) atoms. The molecule has 6 heteroatoms. The van der Waals surface area contributed by atoms with Crippen LogP contribution in [0.4, 0.5) is 0 Å². The highest BCUT2D eigenvalue weighted by molar-refractivity contribution is 7.89. The molecule has 2 rings (SSSR count). The van der Waals surface area contributed by atoms with E-state index in [1.54, 1.807) is 11.3 Å². The maximum absolute atomic E-state index is 11.8. The summed E-state index contributed by atoms with van der Waals surface area (Å²) in [5.74, 6) is 0.821. The molecule has 0 spiro atoms. The van der Waals surface area contributed by atoms with E-state index in [1.165, 1.54) is 0 Å². The Labute approximate surface area is 113 Å². The fourth-order valence-corrected chi connectivity index (χ4v) is 4.04. The minimum absolute atomic E-state index is 0.191. The Morgan fingerprint density at radius 1 is 1.50 bits per heavy atom. The lowest BCUT2D eigenvalue weighted by Crippen LogP contribution is -2.29. The molecular weight excluding hydrogens is 268 g/mol. The van der Waals surface area contributed by atoms with Crippen LogP contribution >= 0.6 is 11.3 Å². The van der Waals surface area contributed by atoms with Gasteiger partial charge in [0.25, 0.3) is 0 Å². The summed E-state index contributed by atoms with van der Waals surface area (Å²) in [7, 11) is -3.11. The largest absolute Gasteiger partial charge is 0.316 e. The van der Waals surface area contributed by atoms with Crippen LogP contribution in [0, 0.1) is 5.92 Å². The summed E-state index contributed by atoms with van der Waals surface area (Å²) in [5.41, 5.74) is 0. The number of rotatable bonds is 7. The zero-order valence-electron chi connectivity index (χ0n) is 10.4. The van der Waals surface area contributed by atoms with Crippen LogP contribution in [0.3, 0.4) is 0 Å². The molecule has 1 aromatic rings. The molecule has 4 nitrogen and oxygen atoms in total. The van der Waals surface area contributed by atoms with Gasteiger partial charge >= 0.3 is 0 Å². The predicted octanol–water partition coefficient (Wildman–Crippen LogP) is 1.21. The van der Waals surface area contributed by atoms with Gasteiger partial charge in [0, 0.05) is 11.4 Å². The third-order valence-electron chi connectivity index (χ3n) is 3.23. The van der Waals surface area contributed by atoms with Gasteiger partial charge in [-0.1, -0.05) is 6.07 Å². The van der Waals surface area contributed by atoms with Crippen LogP contribution in [0.15, 0.2) is 17.5 Å². The Morgan fingerprint density at radius 2 is 2.39 bits per heavy atom. The molecule has 1 aliphatic rings. The highest BCUT2D eigenvalue weighted by Gasteiger charge is 2.16. The zero-order valence-corrected chi connectivity index (χ0v) is 12.0. The minimum Gasteiger partial charge on any atom is -0.316 e. The Balaban J connectivity index is 1.66. The van der Waals surface area contributed by atoms with Crippen molar-refractivity contribution >= 4 is 21.4 Å². The maximum atomic E-state index is 11.8. The van der Waals surface area contributed by atoms with Gasteiger partial charge in [-0.3, -0.25) is 0 Å². The summed E-state index contributed by atoms with van der Waals surface area (Å²) < 4.78 is 26.3. The SMILES string of the molecule is O=S(=O)(CCc1cccs1)NCCC1CCNC1. The summed E-state index contributed by atoms with van der Waals surface area (Å²) in [4.78, 5) is 1.13. The molecule has 2 heterocycles. The highest BCUT2D eigenvalue weighted by Crippen LogP contribution is 2.12. The smallest absolute Gasteiger partial charge is 0.211 e. The number of hydrogen-bond donors (Lipinski definition) is 2. The van der Waals surface area contributed by atoms with E-state index in [9.17, 15) is 8.42 Å². The van der Waals surface area contributed by atoms with Crippen molar-refractivity contribution in [3.8, 4) is 0 Å². The fourth-order valence-electron chi connectivity index (χ4n) is 2.14. The van der Waals surface area contributed by atoms with Crippen molar-refractivity contribution in [1.82, 2.24) is 10.0 Å². The second-order valence-corrected chi connectivity index (χ2v) is 7.65. The standard InChI is InChI=1S/C12H20N2O2S2/c15-18(16,9-5-12-2-1-8-17-12)14-7-4-11-3-6-13-10-11/h1-2,8,11,13-14H,3-7,9-10H2. The van der Waals surface area contributed by atoms with Gasteiger partial charge in [0.15, 0.2) is 0 Å². The van der Waals surface area contributed by atoms with Crippen LogP contribution in [-0.4, -0.2) is 33.8 Å². The van der Waals surface area contributed by atoms with Gasteiger partial charge < -0.3 is 5.32 Å². The first-order chi connectivity index (χ1) is 8.66. The zero-order chi connectivity index (χ0) is 12.8. The lowest BCUT2D eigenvalue weighted by molar-refractivity contribution is 0.519. The molecule has 0 radical (unpaired) electrons. The number of thiophene rings is 1. The first kappa shape index (κ1) is 14.0. The molecule has 102 valence electrons. The summed E-state index contributed by atoms with van der Waals surface area (Å²) in [6.07, 6.45) is 2.71. The molecule has 1 saturated heterocycles. The van der Waals surface area contributed by atoms with Crippen LogP contribution in [0.25, 0.3) is 0 Å². The van der Waals surface area contributed by atoms with Gasteiger partial charge in [-0.15, -0.1) is 11.3 Å². The van der Waals surface area contributed by atoms with E-state index in [-0.39, 0.29) is 5.75 Å². The van der Waals surface area contributed by atoms with Crippen LogP contribution in [0.5, 0.6) is 0 Å². The second kappa shape index (κ2) is 6.65. The molecule has 1 aromatic heterocycles. The van der Waals surface area contributed by atoms with E-state index in [4.69, 9.17) is 0 Å². The van der Waals surface area contributed by atoms with Crippen molar-refractivity contribution in [3.05, 3.63) is 22.4 Å². The molecule has 0 saturated carbocycles. The molecule has 1 atom stereocenters. The summed E-state index contributed by atoms with van der Waals surface area (Å²) in [6.45, 7) is 2.66. The summed E-state index contributed by atoms with van der Waals surface area (Å²) in [6, 6.07) is 3.93. The third-order valence-corrected chi connectivity index (χ3v) is 5.56. The lowest BCUT2D eigenvalue weighted by atomic mass is 10.1. The van der Waals surface area contributed by atoms with Crippen molar-refractivity contribution in [2.24, 2.45) is 5.92 Å². The maximum Gasteiger partial charge on any atom is 0.211 e. The van der Waals surface area contributed by atoms with Crippen molar-refractivity contribution in [1.29, 1.82) is 0 Å². The van der Waals surface area contributed by atoms with E-state index >= 15 is 0 Å². The van der Waals surface area contributed by atoms with Gasteiger partial charge in [-0.05, 0) is 49.7 Å². The number of nitrogens with one attached hydrogen (secondary N) is 2. The van der Waals surface area contributed by atoms with E-state index in [1.807, 2.05) is 17.5 Å². The van der Waals surface area contributed by atoms with Crippen molar-refractivity contribution in [2.45, 2.75) is 19.3 Å². The molecule has 1 aliphatic heterocycles. The molecule has 0 aliphatic carbocycles.